The van der Waals surface area contributed by atoms with Crippen molar-refractivity contribution in [3.05, 3.63) is 66.2 Å². The van der Waals surface area contributed by atoms with Crippen molar-refractivity contribution in [3.8, 4) is 0 Å². The second-order valence-corrected chi connectivity index (χ2v) is 6.44. The number of benzene rings is 2. The SMILES string of the molecule is C=C1c2ccccc2C(=O)N1[C@@H](C)C(=O)Nc1cccc(SC)c1. The lowest BCUT2D eigenvalue weighted by atomic mass is 10.1. The highest BCUT2D eigenvalue weighted by Gasteiger charge is 2.36. The largest absolute Gasteiger partial charge is 0.324 e. The van der Waals surface area contributed by atoms with Crippen LogP contribution in [-0.2, 0) is 4.79 Å². The Morgan fingerprint density at radius 1 is 1.17 bits per heavy atom. The maximum atomic E-state index is 12.6. The molecule has 0 aliphatic carbocycles. The lowest BCUT2D eigenvalue weighted by Gasteiger charge is -2.24. The van der Waals surface area contributed by atoms with Crippen molar-refractivity contribution >= 4 is 35.0 Å². The zero-order valence-electron chi connectivity index (χ0n) is 13.6. The van der Waals surface area contributed by atoms with Gasteiger partial charge in [0.1, 0.15) is 6.04 Å². The second-order valence-electron chi connectivity index (χ2n) is 5.56. The van der Waals surface area contributed by atoms with Gasteiger partial charge >= 0.3 is 0 Å². The smallest absolute Gasteiger partial charge is 0.259 e. The van der Waals surface area contributed by atoms with Crippen molar-refractivity contribution in [1.29, 1.82) is 0 Å². The molecule has 0 bridgehead atoms. The summed E-state index contributed by atoms with van der Waals surface area (Å²) in [5.41, 5.74) is 2.66. The van der Waals surface area contributed by atoms with E-state index in [-0.39, 0.29) is 11.8 Å². The fourth-order valence-electron chi connectivity index (χ4n) is 2.78. The third-order valence-corrected chi connectivity index (χ3v) is 4.81. The molecule has 0 radical (unpaired) electrons. The number of carbonyl (C=O) groups is 2. The minimum atomic E-state index is -0.643. The molecule has 1 aliphatic heterocycles. The average Bonchev–Trinajstić information content (AvgIpc) is 2.86. The van der Waals surface area contributed by atoms with Crippen LogP contribution in [0.3, 0.4) is 0 Å². The number of nitrogens with one attached hydrogen (secondary N) is 1. The minimum absolute atomic E-state index is 0.184. The molecule has 4 nitrogen and oxygen atoms in total. The maximum absolute atomic E-state index is 12.6. The second kappa shape index (κ2) is 6.53. The van der Waals surface area contributed by atoms with Crippen LogP contribution in [0.15, 0.2) is 60.0 Å². The standard InChI is InChI=1S/C19H18N2O2S/c1-12-16-9-4-5-10-17(16)19(23)21(12)13(2)18(22)20-14-7-6-8-15(11-14)24-3/h4-11,13H,1H2,2-3H3,(H,20,22)/t13-/m0/s1. The van der Waals surface area contributed by atoms with Gasteiger partial charge in [0.25, 0.3) is 5.91 Å². The Bertz CT molecular complexity index is 797. The highest BCUT2D eigenvalue weighted by Crippen LogP contribution is 2.33. The molecule has 1 N–H and O–H groups in total. The third-order valence-electron chi connectivity index (χ3n) is 4.08. The van der Waals surface area contributed by atoms with Crippen LogP contribution in [0.25, 0.3) is 5.70 Å². The van der Waals surface area contributed by atoms with Gasteiger partial charge in [0, 0.05) is 27.4 Å². The van der Waals surface area contributed by atoms with Crippen LogP contribution in [0.1, 0.15) is 22.8 Å². The molecule has 1 heterocycles. The monoisotopic (exact) mass is 338 g/mol. The van der Waals surface area contributed by atoms with Crippen molar-refractivity contribution < 1.29 is 9.59 Å². The molecule has 0 aromatic heterocycles. The first kappa shape index (κ1) is 16.3. The van der Waals surface area contributed by atoms with E-state index in [0.29, 0.717) is 16.9 Å². The molecule has 2 aromatic rings. The van der Waals surface area contributed by atoms with Crippen LogP contribution in [-0.4, -0.2) is 29.0 Å². The summed E-state index contributed by atoms with van der Waals surface area (Å²) in [6, 6.07) is 14.2. The van der Waals surface area contributed by atoms with Gasteiger partial charge in [0.2, 0.25) is 5.91 Å². The average molecular weight is 338 g/mol. The Balaban J connectivity index is 1.79. The number of carbonyl (C=O) groups excluding carboxylic acids is 2. The maximum Gasteiger partial charge on any atom is 0.259 e. The molecule has 1 atom stereocenters. The van der Waals surface area contributed by atoms with Gasteiger partial charge in [0.15, 0.2) is 0 Å². The predicted molar refractivity (Wildman–Crippen MR) is 98.0 cm³/mol. The lowest BCUT2D eigenvalue weighted by molar-refractivity contribution is -0.119. The first-order valence-corrected chi connectivity index (χ1v) is 8.82. The van der Waals surface area contributed by atoms with Crippen molar-refractivity contribution in [1.82, 2.24) is 4.90 Å². The van der Waals surface area contributed by atoms with Gasteiger partial charge in [-0.05, 0) is 37.4 Å². The molecule has 0 unspecified atom stereocenters. The van der Waals surface area contributed by atoms with Gasteiger partial charge in [-0.2, -0.15) is 0 Å². The molecule has 0 spiro atoms. The van der Waals surface area contributed by atoms with Crippen molar-refractivity contribution in [2.75, 3.05) is 11.6 Å². The first-order chi connectivity index (χ1) is 11.5. The number of nitrogens with zero attached hydrogens (tertiary/aromatic N) is 1. The van der Waals surface area contributed by atoms with Crippen LogP contribution >= 0.6 is 11.8 Å². The molecule has 0 fully saturated rings. The number of amides is 2. The summed E-state index contributed by atoms with van der Waals surface area (Å²) in [5, 5.41) is 2.87. The van der Waals surface area contributed by atoms with Gasteiger partial charge in [-0.1, -0.05) is 30.8 Å². The van der Waals surface area contributed by atoms with E-state index in [0.717, 1.165) is 10.5 Å². The Hall–Kier alpha value is -2.53. The van der Waals surface area contributed by atoms with Gasteiger partial charge < -0.3 is 5.32 Å². The lowest BCUT2D eigenvalue weighted by Crippen LogP contribution is -2.41. The van der Waals surface area contributed by atoms with E-state index in [1.807, 2.05) is 48.7 Å². The molecule has 122 valence electrons. The number of fused-ring (bicyclic) bond motifs is 1. The topological polar surface area (TPSA) is 49.4 Å². The van der Waals surface area contributed by atoms with Gasteiger partial charge in [-0.15, -0.1) is 11.8 Å². The van der Waals surface area contributed by atoms with Crippen LogP contribution < -0.4 is 5.32 Å². The summed E-state index contributed by atoms with van der Waals surface area (Å²) in [4.78, 5) is 27.7. The van der Waals surface area contributed by atoms with Crippen LogP contribution in [0.2, 0.25) is 0 Å². The summed E-state index contributed by atoms with van der Waals surface area (Å²) < 4.78 is 0. The van der Waals surface area contributed by atoms with E-state index >= 15 is 0 Å². The number of hydrogen-bond acceptors (Lipinski definition) is 3. The molecule has 0 saturated heterocycles. The highest BCUT2D eigenvalue weighted by atomic mass is 32.2. The molecule has 2 amide bonds. The van der Waals surface area contributed by atoms with E-state index in [1.165, 1.54) is 4.90 Å². The molecule has 1 aliphatic rings. The number of anilines is 1. The molecule has 0 saturated carbocycles. The number of thioether (sulfide) groups is 1. The third kappa shape index (κ3) is 2.83. The Labute approximate surface area is 145 Å². The molecule has 3 rings (SSSR count). The van der Waals surface area contributed by atoms with E-state index < -0.39 is 6.04 Å². The van der Waals surface area contributed by atoms with E-state index in [4.69, 9.17) is 0 Å². The van der Waals surface area contributed by atoms with Crippen LogP contribution in [0.4, 0.5) is 5.69 Å². The molecular formula is C19H18N2O2S. The number of hydrogen-bond donors (Lipinski definition) is 1. The summed E-state index contributed by atoms with van der Waals surface area (Å²) in [5.74, 6) is -0.424. The van der Waals surface area contributed by atoms with E-state index in [2.05, 4.69) is 11.9 Å². The van der Waals surface area contributed by atoms with E-state index in [9.17, 15) is 9.59 Å². The fraction of sp³-hybridized carbons (Fsp3) is 0.158. The number of rotatable bonds is 4. The summed E-state index contributed by atoms with van der Waals surface area (Å²) >= 11 is 1.61. The zero-order chi connectivity index (χ0) is 17.3. The van der Waals surface area contributed by atoms with Gasteiger partial charge in [0.05, 0.1) is 0 Å². The van der Waals surface area contributed by atoms with Gasteiger partial charge in [-0.3, -0.25) is 14.5 Å². The quantitative estimate of drug-likeness (QED) is 0.861. The van der Waals surface area contributed by atoms with Crippen molar-refractivity contribution in [2.24, 2.45) is 0 Å². The highest BCUT2D eigenvalue weighted by molar-refractivity contribution is 7.98. The van der Waals surface area contributed by atoms with Gasteiger partial charge in [-0.25, -0.2) is 0 Å². The van der Waals surface area contributed by atoms with Crippen molar-refractivity contribution in [2.45, 2.75) is 17.9 Å². The first-order valence-electron chi connectivity index (χ1n) is 7.59. The normalized spacial score (nSPS) is 14.5. The Morgan fingerprint density at radius 2 is 1.88 bits per heavy atom. The summed E-state index contributed by atoms with van der Waals surface area (Å²) in [6.07, 6.45) is 1.98. The van der Waals surface area contributed by atoms with Crippen LogP contribution in [0.5, 0.6) is 0 Å². The molecule has 5 heteroatoms. The predicted octanol–water partition coefficient (Wildman–Crippen LogP) is 3.86. The minimum Gasteiger partial charge on any atom is -0.324 e. The van der Waals surface area contributed by atoms with Crippen molar-refractivity contribution in [3.63, 3.8) is 0 Å². The Kier molecular flexibility index (Phi) is 4.44. The molecular weight excluding hydrogens is 320 g/mol. The summed E-state index contributed by atoms with van der Waals surface area (Å²) in [7, 11) is 0. The summed E-state index contributed by atoms with van der Waals surface area (Å²) in [6.45, 7) is 5.70. The molecule has 24 heavy (non-hydrogen) atoms. The zero-order valence-corrected chi connectivity index (χ0v) is 14.4. The van der Waals surface area contributed by atoms with Crippen LogP contribution in [0, 0.1) is 0 Å². The fourth-order valence-corrected chi connectivity index (χ4v) is 3.24. The molecule has 2 aromatic carbocycles. The van der Waals surface area contributed by atoms with E-state index in [1.54, 1.807) is 24.8 Å². The Morgan fingerprint density at radius 3 is 2.54 bits per heavy atom.